The Kier molecular flexibility index (Phi) is 3.77. The van der Waals surface area contributed by atoms with E-state index < -0.39 is 10.0 Å². The van der Waals surface area contributed by atoms with Crippen molar-refractivity contribution in [3.63, 3.8) is 0 Å². The molecule has 2 heterocycles. The fraction of sp³-hybridized carbons (Fsp3) is 0.500. The molecular formula is C10H15N5O4S. The van der Waals surface area contributed by atoms with E-state index in [-0.39, 0.29) is 48.2 Å². The van der Waals surface area contributed by atoms with Gasteiger partial charge in [-0.05, 0) is 0 Å². The molecule has 4 N–H and O–H groups in total. The number of ether oxygens (including phenoxy) is 1. The topological polar surface area (TPSA) is 142 Å². The van der Waals surface area contributed by atoms with Crippen molar-refractivity contribution >= 4 is 27.7 Å². The highest BCUT2D eigenvalue weighted by atomic mass is 32.2. The molecule has 1 aliphatic rings. The van der Waals surface area contributed by atoms with Crippen molar-refractivity contribution in [2.24, 2.45) is 11.1 Å². The lowest BCUT2D eigenvalue weighted by molar-refractivity contribution is -0.117. The molecule has 2 rings (SSSR count). The number of nitrogens with two attached hydrogens (primary N) is 2. The van der Waals surface area contributed by atoms with E-state index in [0.29, 0.717) is 0 Å². The third kappa shape index (κ3) is 3.33. The summed E-state index contributed by atoms with van der Waals surface area (Å²) in [5.41, 5.74) is 5.53. The summed E-state index contributed by atoms with van der Waals surface area (Å²) in [4.78, 5) is 21.1. The predicted molar refractivity (Wildman–Crippen MR) is 71.4 cm³/mol. The highest BCUT2D eigenvalue weighted by Gasteiger charge is 2.33. The van der Waals surface area contributed by atoms with Crippen LogP contribution in [0.1, 0.15) is 6.42 Å². The second-order valence-electron chi connectivity index (χ2n) is 4.53. The van der Waals surface area contributed by atoms with Crippen LogP contribution in [-0.2, 0) is 14.8 Å². The minimum Gasteiger partial charge on any atom is -0.481 e. The van der Waals surface area contributed by atoms with E-state index in [1.807, 2.05) is 0 Å². The maximum absolute atomic E-state index is 11.9. The van der Waals surface area contributed by atoms with Crippen LogP contribution >= 0.6 is 0 Å². The number of sulfonamides is 1. The maximum atomic E-state index is 11.9. The van der Waals surface area contributed by atoms with Crippen molar-refractivity contribution in [1.29, 1.82) is 0 Å². The predicted octanol–water partition coefficient (Wildman–Crippen LogP) is -1.29. The number of carbonyl (C=O) groups excluding carboxylic acids is 1. The van der Waals surface area contributed by atoms with Gasteiger partial charge in [0.25, 0.3) is 0 Å². The van der Waals surface area contributed by atoms with Gasteiger partial charge in [-0.15, -0.1) is 0 Å². The van der Waals surface area contributed by atoms with Crippen LogP contribution in [0.2, 0.25) is 0 Å². The Balaban J connectivity index is 2.21. The number of carbonyl (C=O) groups is 1. The maximum Gasteiger partial charge on any atom is 0.228 e. The molecule has 10 heteroatoms. The zero-order valence-corrected chi connectivity index (χ0v) is 11.6. The molecule has 110 valence electrons. The quantitative estimate of drug-likeness (QED) is 0.704. The van der Waals surface area contributed by atoms with Crippen LogP contribution in [0.5, 0.6) is 5.88 Å². The Morgan fingerprint density at radius 1 is 1.50 bits per heavy atom. The van der Waals surface area contributed by atoms with E-state index in [1.165, 1.54) is 18.1 Å². The summed E-state index contributed by atoms with van der Waals surface area (Å²) >= 11 is 0. The van der Waals surface area contributed by atoms with Crippen LogP contribution in [0.4, 0.5) is 11.8 Å². The number of amides is 1. The SMILES string of the molecule is COc1cc(N2CC(CS(N)(=O)=O)CC2=O)nc(N)n1. The molecule has 0 radical (unpaired) electrons. The summed E-state index contributed by atoms with van der Waals surface area (Å²) in [5, 5.41) is 4.99. The molecule has 0 saturated carbocycles. The first kappa shape index (κ1) is 14.5. The smallest absolute Gasteiger partial charge is 0.228 e. The lowest BCUT2D eigenvalue weighted by Crippen LogP contribution is -2.28. The second kappa shape index (κ2) is 5.21. The van der Waals surface area contributed by atoms with Crippen LogP contribution in [0.25, 0.3) is 0 Å². The number of hydrogen-bond donors (Lipinski definition) is 2. The first-order chi connectivity index (χ1) is 9.28. The summed E-state index contributed by atoms with van der Waals surface area (Å²) in [6.07, 6.45) is 0.0999. The number of aromatic nitrogens is 2. The Bertz CT molecular complexity index is 633. The third-order valence-electron chi connectivity index (χ3n) is 2.87. The van der Waals surface area contributed by atoms with Gasteiger partial charge in [0, 0.05) is 24.9 Å². The van der Waals surface area contributed by atoms with Gasteiger partial charge in [-0.2, -0.15) is 9.97 Å². The van der Waals surface area contributed by atoms with Gasteiger partial charge >= 0.3 is 0 Å². The highest BCUT2D eigenvalue weighted by Crippen LogP contribution is 2.26. The van der Waals surface area contributed by atoms with Gasteiger partial charge in [0.2, 0.25) is 27.8 Å². The van der Waals surface area contributed by atoms with E-state index in [2.05, 4.69) is 9.97 Å². The molecule has 0 aliphatic carbocycles. The molecule has 1 saturated heterocycles. The molecule has 9 nitrogen and oxygen atoms in total. The minimum absolute atomic E-state index is 0.0259. The fourth-order valence-corrected chi connectivity index (χ4v) is 3.00. The van der Waals surface area contributed by atoms with Crippen LogP contribution in [0, 0.1) is 5.92 Å². The summed E-state index contributed by atoms with van der Waals surface area (Å²) in [6.45, 7) is 0.217. The molecular weight excluding hydrogens is 286 g/mol. The summed E-state index contributed by atoms with van der Waals surface area (Å²) in [6, 6.07) is 1.47. The second-order valence-corrected chi connectivity index (χ2v) is 6.19. The normalized spacial score (nSPS) is 19.4. The van der Waals surface area contributed by atoms with Crippen LogP contribution in [0.3, 0.4) is 0 Å². The fourth-order valence-electron chi connectivity index (χ4n) is 2.12. The third-order valence-corrected chi connectivity index (χ3v) is 3.80. The van der Waals surface area contributed by atoms with Gasteiger partial charge in [0.15, 0.2) is 0 Å². The van der Waals surface area contributed by atoms with E-state index in [1.54, 1.807) is 0 Å². The van der Waals surface area contributed by atoms with Crippen LogP contribution < -0.4 is 20.5 Å². The first-order valence-corrected chi connectivity index (χ1v) is 7.49. The highest BCUT2D eigenvalue weighted by molar-refractivity contribution is 7.89. The summed E-state index contributed by atoms with van der Waals surface area (Å²) in [5.74, 6) is -0.348. The molecule has 1 aromatic heterocycles. The van der Waals surface area contributed by atoms with Gasteiger partial charge in [-0.25, -0.2) is 13.6 Å². The Labute approximate surface area is 116 Å². The number of methoxy groups -OCH3 is 1. The zero-order valence-electron chi connectivity index (χ0n) is 10.8. The average Bonchev–Trinajstić information content (AvgIpc) is 2.66. The Hall–Kier alpha value is -1.94. The minimum atomic E-state index is -3.62. The molecule has 1 amide bonds. The molecule has 0 spiro atoms. The number of rotatable bonds is 4. The number of primary sulfonamides is 1. The molecule has 0 aromatic carbocycles. The lowest BCUT2D eigenvalue weighted by atomic mass is 10.1. The largest absolute Gasteiger partial charge is 0.481 e. The van der Waals surface area contributed by atoms with Crippen molar-refractivity contribution < 1.29 is 17.9 Å². The lowest BCUT2D eigenvalue weighted by Gasteiger charge is -2.16. The number of nitrogens with zero attached hydrogens (tertiary/aromatic N) is 3. The zero-order chi connectivity index (χ0) is 14.9. The molecule has 1 aromatic rings. The van der Waals surface area contributed by atoms with Crippen LogP contribution in [-0.4, -0.2) is 43.7 Å². The monoisotopic (exact) mass is 301 g/mol. The van der Waals surface area contributed by atoms with E-state index >= 15 is 0 Å². The Morgan fingerprint density at radius 2 is 2.20 bits per heavy atom. The molecule has 1 unspecified atom stereocenters. The Morgan fingerprint density at radius 3 is 2.80 bits per heavy atom. The van der Waals surface area contributed by atoms with E-state index in [9.17, 15) is 13.2 Å². The number of anilines is 2. The average molecular weight is 301 g/mol. The van der Waals surface area contributed by atoms with Crippen molar-refractivity contribution in [3.05, 3.63) is 6.07 Å². The molecule has 1 atom stereocenters. The van der Waals surface area contributed by atoms with Gasteiger partial charge < -0.3 is 10.5 Å². The molecule has 1 fully saturated rings. The van der Waals surface area contributed by atoms with Crippen molar-refractivity contribution in [2.75, 3.05) is 30.0 Å². The van der Waals surface area contributed by atoms with E-state index in [4.69, 9.17) is 15.6 Å². The number of hydrogen-bond acceptors (Lipinski definition) is 7. The molecule has 20 heavy (non-hydrogen) atoms. The van der Waals surface area contributed by atoms with Crippen molar-refractivity contribution in [1.82, 2.24) is 9.97 Å². The van der Waals surface area contributed by atoms with Gasteiger partial charge in [0.1, 0.15) is 5.82 Å². The van der Waals surface area contributed by atoms with Gasteiger partial charge in [-0.3, -0.25) is 9.69 Å². The van der Waals surface area contributed by atoms with E-state index in [0.717, 1.165) is 0 Å². The summed E-state index contributed by atoms with van der Waals surface area (Å²) in [7, 11) is -2.20. The molecule has 1 aliphatic heterocycles. The first-order valence-electron chi connectivity index (χ1n) is 5.78. The van der Waals surface area contributed by atoms with Crippen molar-refractivity contribution in [3.8, 4) is 5.88 Å². The standard InChI is InChI=1S/C10H15N5O4S/c1-19-8-3-7(13-10(11)14-8)15-4-6(2-9(15)16)5-20(12,17)18/h3,6H,2,4-5H2,1H3,(H2,11,13,14)(H2,12,17,18). The number of nitrogen functional groups attached to an aromatic ring is 1. The summed E-state index contributed by atoms with van der Waals surface area (Å²) < 4.78 is 27.1. The molecule has 0 bridgehead atoms. The van der Waals surface area contributed by atoms with Gasteiger partial charge in [-0.1, -0.05) is 0 Å². The van der Waals surface area contributed by atoms with Crippen molar-refractivity contribution in [2.45, 2.75) is 6.42 Å². The van der Waals surface area contributed by atoms with Gasteiger partial charge in [0.05, 0.1) is 12.9 Å². The van der Waals surface area contributed by atoms with Crippen LogP contribution in [0.15, 0.2) is 6.07 Å².